The third kappa shape index (κ3) is 4.96. The Balaban J connectivity index is 1.07. The molecule has 3 heterocycles. The molecule has 252 valence electrons. The van der Waals surface area contributed by atoms with Gasteiger partial charge in [0.15, 0.2) is 5.82 Å². The monoisotopic (exact) mass is 705 g/mol. The molecule has 0 N–H and O–H groups in total. The van der Waals surface area contributed by atoms with Crippen LogP contribution < -0.4 is 0 Å². The summed E-state index contributed by atoms with van der Waals surface area (Å²) in [5, 5.41) is 7.43. The van der Waals surface area contributed by atoms with E-state index in [9.17, 15) is 0 Å². The van der Waals surface area contributed by atoms with Crippen LogP contribution in [0.5, 0.6) is 0 Å². The molecule has 0 bridgehead atoms. The van der Waals surface area contributed by atoms with E-state index in [1.165, 1.54) is 58.5 Å². The van der Waals surface area contributed by atoms with Crippen molar-refractivity contribution in [2.75, 3.05) is 0 Å². The van der Waals surface area contributed by atoms with Gasteiger partial charge in [0.25, 0.3) is 0 Å². The minimum absolute atomic E-state index is 0.714. The predicted molar refractivity (Wildman–Crippen MR) is 229 cm³/mol. The highest BCUT2D eigenvalue weighted by Crippen LogP contribution is 2.40. The van der Waals surface area contributed by atoms with Crippen molar-refractivity contribution in [1.82, 2.24) is 14.5 Å². The number of benzene rings is 8. The lowest BCUT2D eigenvalue weighted by atomic mass is 9.93. The standard InChI is InChI=1S/C50H31N3S/c1-2-13-32(14-3-1)50-51-44(34-25-26-43-42-21-8-11-24-48(42)54-49(43)30-34)31-45(52-50)39-28-27-36(37-17-4-5-18-38(37)39)33-15-12-16-35(29-33)53-46-22-9-6-19-40(46)41-20-7-10-23-47(41)53/h1-31H. The molecular weight excluding hydrogens is 675 g/mol. The number of rotatable bonds is 5. The number of nitrogens with zero attached hydrogens (tertiary/aromatic N) is 3. The Morgan fingerprint density at radius 3 is 1.72 bits per heavy atom. The largest absolute Gasteiger partial charge is 0.309 e. The first-order chi connectivity index (χ1) is 26.8. The SMILES string of the molecule is c1ccc(-c2nc(-c3ccc4c(c3)sc3ccccc34)cc(-c3ccc(-c4cccc(-n5c6ccccc6c6ccccc65)c4)c4ccccc34)n2)cc1. The Morgan fingerprint density at radius 2 is 0.944 bits per heavy atom. The molecule has 0 saturated carbocycles. The molecule has 0 amide bonds. The average molecular weight is 706 g/mol. The lowest BCUT2D eigenvalue weighted by Gasteiger charge is -2.15. The normalized spacial score (nSPS) is 11.7. The molecule has 0 atom stereocenters. The first-order valence-electron chi connectivity index (χ1n) is 18.2. The number of aromatic nitrogens is 3. The molecule has 11 aromatic rings. The molecule has 4 heteroatoms. The minimum atomic E-state index is 0.714. The molecule has 54 heavy (non-hydrogen) atoms. The van der Waals surface area contributed by atoms with Crippen LogP contribution in [0.2, 0.25) is 0 Å². The fraction of sp³-hybridized carbons (Fsp3) is 0. The van der Waals surface area contributed by atoms with E-state index in [4.69, 9.17) is 9.97 Å². The Kier molecular flexibility index (Phi) is 7.04. The molecule has 3 nitrogen and oxygen atoms in total. The van der Waals surface area contributed by atoms with E-state index < -0.39 is 0 Å². The third-order valence-corrected chi connectivity index (χ3v) is 11.8. The summed E-state index contributed by atoms with van der Waals surface area (Å²) in [6, 6.07) is 67.3. The predicted octanol–water partition coefficient (Wildman–Crippen LogP) is 13.8. The highest BCUT2D eigenvalue weighted by Gasteiger charge is 2.17. The fourth-order valence-corrected chi connectivity index (χ4v) is 9.27. The van der Waals surface area contributed by atoms with Gasteiger partial charge >= 0.3 is 0 Å². The Bertz CT molecular complexity index is 3170. The molecule has 0 unspecified atom stereocenters. The summed E-state index contributed by atoms with van der Waals surface area (Å²) >= 11 is 1.83. The molecule has 3 aromatic heterocycles. The second-order valence-electron chi connectivity index (χ2n) is 13.8. The van der Waals surface area contributed by atoms with E-state index in [0.29, 0.717) is 5.82 Å². The number of thiophene rings is 1. The summed E-state index contributed by atoms with van der Waals surface area (Å²) in [5.41, 5.74) is 10.9. The van der Waals surface area contributed by atoms with Crippen LogP contribution in [-0.4, -0.2) is 14.5 Å². The van der Waals surface area contributed by atoms with Crippen LogP contribution in [0.1, 0.15) is 0 Å². The molecule has 0 aliphatic heterocycles. The third-order valence-electron chi connectivity index (χ3n) is 10.6. The summed E-state index contributed by atoms with van der Waals surface area (Å²) in [6.45, 7) is 0. The maximum Gasteiger partial charge on any atom is 0.160 e. The highest BCUT2D eigenvalue weighted by atomic mass is 32.1. The Labute approximate surface area is 316 Å². The van der Waals surface area contributed by atoms with Gasteiger partial charge in [0.2, 0.25) is 0 Å². The summed E-state index contributed by atoms with van der Waals surface area (Å²) in [7, 11) is 0. The van der Waals surface area contributed by atoms with E-state index in [1.807, 2.05) is 29.5 Å². The van der Waals surface area contributed by atoms with E-state index in [2.05, 4.69) is 174 Å². The van der Waals surface area contributed by atoms with E-state index >= 15 is 0 Å². The summed E-state index contributed by atoms with van der Waals surface area (Å²) in [4.78, 5) is 10.4. The van der Waals surface area contributed by atoms with Crippen LogP contribution in [0.4, 0.5) is 0 Å². The lowest BCUT2D eigenvalue weighted by molar-refractivity contribution is 1.18. The van der Waals surface area contributed by atoms with Crippen LogP contribution in [0.25, 0.3) is 103 Å². The maximum absolute atomic E-state index is 5.24. The summed E-state index contributed by atoms with van der Waals surface area (Å²) in [5.74, 6) is 0.714. The molecule has 0 saturated heterocycles. The Hall–Kier alpha value is -6.88. The van der Waals surface area contributed by atoms with Gasteiger partial charge in [-0.25, -0.2) is 9.97 Å². The molecule has 8 aromatic carbocycles. The van der Waals surface area contributed by atoms with Crippen molar-refractivity contribution >= 4 is 64.1 Å². The minimum Gasteiger partial charge on any atom is -0.309 e. The van der Waals surface area contributed by atoms with Crippen LogP contribution >= 0.6 is 11.3 Å². The zero-order valence-corrected chi connectivity index (χ0v) is 30.0. The molecule has 0 radical (unpaired) electrons. The number of hydrogen-bond acceptors (Lipinski definition) is 3. The molecule has 0 fully saturated rings. The Morgan fingerprint density at radius 1 is 0.352 bits per heavy atom. The van der Waals surface area contributed by atoms with Gasteiger partial charge in [-0.15, -0.1) is 11.3 Å². The molecule has 0 aliphatic carbocycles. The molecular formula is C50H31N3S. The summed E-state index contributed by atoms with van der Waals surface area (Å²) in [6.07, 6.45) is 0. The quantitative estimate of drug-likeness (QED) is 0.178. The smallest absolute Gasteiger partial charge is 0.160 e. The maximum atomic E-state index is 5.24. The van der Waals surface area contributed by atoms with Crippen LogP contribution in [0, 0.1) is 0 Å². The second kappa shape index (κ2) is 12.4. The van der Waals surface area contributed by atoms with Crippen molar-refractivity contribution in [3.05, 3.63) is 188 Å². The number of hydrogen-bond donors (Lipinski definition) is 0. The van der Waals surface area contributed by atoms with Gasteiger partial charge in [0.05, 0.1) is 22.4 Å². The molecule has 0 aliphatic rings. The second-order valence-corrected chi connectivity index (χ2v) is 14.8. The van der Waals surface area contributed by atoms with Gasteiger partial charge < -0.3 is 4.57 Å². The highest BCUT2D eigenvalue weighted by molar-refractivity contribution is 7.25. The van der Waals surface area contributed by atoms with Gasteiger partial charge in [-0.1, -0.05) is 146 Å². The van der Waals surface area contributed by atoms with Crippen LogP contribution in [0.15, 0.2) is 188 Å². The van der Waals surface area contributed by atoms with E-state index in [0.717, 1.165) is 39.2 Å². The van der Waals surface area contributed by atoms with Crippen molar-refractivity contribution in [2.45, 2.75) is 0 Å². The number of fused-ring (bicyclic) bond motifs is 7. The van der Waals surface area contributed by atoms with Crippen molar-refractivity contribution in [3.63, 3.8) is 0 Å². The van der Waals surface area contributed by atoms with Crippen molar-refractivity contribution in [1.29, 1.82) is 0 Å². The van der Waals surface area contributed by atoms with Crippen LogP contribution in [0.3, 0.4) is 0 Å². The molecule has 11 rings (SSSR count). The van der Waals surface area contributed by atoms with Crippen molar-refractivity contribution in [2.24, 2.45) is 0 Å². The first kappa shape index (κ1) is 30.7. The molecule has 0 spiro atoms. The van der Waals surface area contributed by atoms with Gasteiger partial charge in [-0.2, -0.15) is 0 Å². The first-order valence-corrected chi connectivity index (χ1v) is 19.1. The van der Waals surface area contributed by atoms with Gasteiger partial charge in [0.1, 0.15) is 0 Å². The van der Waals surface area contributed by atoms with Crippen molar-refractivity contribution < 1.29 is 0 Å². The summed E-state index contributed by atoms with van der Waals surface area (Å²) < 4.78 is 4.94. The van der Waals surface area contributed by atoms with Crippen LogP contribution in [-0.2, 0) is 0 Å². The van der Waals surface area contributed by atoms with E-state index in [-0.39, 0.29) is 0 Å². The zero-order valence-electron chi connectivity index (χ0n) is 29.1. The zero-order chi connectivity index (χ0) is 35.6. The van der Waals surface area contributed by atoms with Gasteiger partial charge in [0, 0.05) is 53.3 Å². The lowest BCUT2D eigenvalue weighted by Crippen LogP contribution is -1.97. The van der Waals surface area contributed by atoms with Gasteiger partial charge in [-0.05, 0) is 64.4 Å². The van der Waals surface area contributed by atoms with E-state index in [1.54, 1.807) is 0 Å². The topological polar surface area (TPSA) is 30.7 Å². The average Bonchev–Trinajstić information content (AvgIpc) is 3.79. The van der Waals surface area contributed by atoms with Gasteiger partial charge in [-0.3, -0.25) is 0 Å². The number of para-hydroxylation sites is 2. The fourth-order valence-electron chi connectivity index (χ4n) is 8.12. The van der Waals surface area contributed by atoms with Crippen molar-refractivity contribution in [3.8, 4) is 50.7 Å².